The van der Waals surface area contributed by atoms with Gasteiger partial charge in [-0.3, -0.25) is 14.4 Å². The zero-order chi connectivity index (χ0) is 43.7. The van der Waals surface area contributed by atoms with E-state index in [0.717, 1.165) is 116 Å². The van der Waals surface area contributed by atoms with E-state index in [1.165, 1.54) is 25.7 Å². The monoisotopic (exact) mass is 829 g/mol. The van der Waals surface area contributed by atoms with E-state index in [4.69, 9.17) is 14.2 Å². The van der Waals surface area contributed by atoms with Gasteiger partial charge in [0, 0.05) is 19.3 Å². The van der Waals surface area contributed by atoms with Crippen LogP contribution in [-0.4, -0.2) is 37.2 Å². The third kappa shape index (κ3) is 44.9. The minimum Gasteiger partial charge on any atom is -0.462 e. The summed E-state index contributed by atoms with van der Waals surface area (Å²) in [6.07, 6.45) is 64.7. The van der Waals surface area contributed by atoms with Crippen molar-refractivity contribution in [3.63, 3.8) is 0 Å². The molecule has 0 saturated carbocycles. The van der Waals surface area contributed by atoms with Crippen LogP contribution < -0.4 is 0 Å². The maximum atomic E-state index is 12.7. The average Bonchev–Trinajstić information content (AvgIpc) is 3.24. The summed E-state index contributed by atoms with van der Waals surface area (Å²) in [5, 5.41) is 0. The molecule has 0 bridgehead atoms. The van der Waals surface area contributed by atoms with Crippen LogP contribution in [-0.2, 0) is 28.6 Å². The van der Waals surface area contributed by atoms with Crippen LogP contribution in [0, 0.1) is 0 Å². The van der Waals surface area contributed by atoms with Crippen molar-refractivity contribution in [1.29, 1.82) is 0 Å². The van der Waals surface area contributed by atoms with Crippen molar-refractivity contribution in [3.8, 4) is 0 Å². The molecule has 60 heavy (non-hydrogen) atoms. The molecule has 0 rings (SSSR count). The Morgan fingerprint density at radius 3 is 1.23 bits per heavy atom. The second kappa shape index (κ2) is 47.5. The number of carbonyl (C=O) groups excluding carboxylic acids is 3. The van der Waals surface area contributed by atoms with Crippen molar-refractivity contribution in [3.05, 3.63) is 122 Å². The smallest absolute Gasteiger partial charge is 0.306 e. The standard InChI is InChI=1S/C54H84O6/c1-4-7-10-13-16-19-21-23-25-26-27-29-30-32-35-38-41-44-47-53(56)59-50-51(49-58-52(55)46-43-40-37-34-18-15-12-9-6-3)60-54(57)48-45-42-39-36-33-31-28-24-22-20-17-14-11-8-5-2/h8-14,16-23,25-27,29,34,51H,4-7,15,24,28,30-33,35-50H2,1-3H3/b11-8-,12-9-,13-10-,17-14-,19-16-,22-20-,23-21-,26-25-,29-27-,34-18-. The molecular weight excluding hydrogens is 745 g/mol. The van der Waals surface area contributed by atoms with Crippen LogP contribution in [0.1, 0.15) is 181 Å². The molecular formula is C54H84O6. The van der Waals surface area contributed by atoms with Crippen LogP contribution >= 0.6 is 0 Å². The van der Waals surface area contributed by atoms with Gasteiger partial charge in [-0.05, 0) is 83.5 Å². The van der Waals surface area contributed by atoms with Gasteiger partial charge in [0.2, 0.25) is 0 Å². The van der Waals surface area contributed by atoms with Crippen molar-refractivity contribution in [2.24, 2.45) is 0 Å². The maximum absolute atomic E-state index is 12.7. The Bertz CT molecular complexity index is 1320. The zero-order valence-corrected chi connectivity index (χ0v) is 38.2. The highest BCUT2D eigenvalue weighted by atomic mass is 16.6. The summed E-state index contributed by atoms with van der Waals surface area (Å²) in [6.45, 7) is 6.20. The molecule has 1 atom stereocenters. The number of allylic oxidation sites excluding steroid dienone is 20. The predicted molar refractivity (Wildman–Crippen MR) is 256 cm³/mol. The lowest BCUT2D eigenvalue weighted by Gasteiger charge is -2.18. The third-order valence-electron chi connectivity index (χ3n) is 9.35. The topological polar surface area (TPSA) is 78.9 Å². The van der Waals surface area contributed by atoms with Gasteiger partial charge in [-0.1, -0.05) is 200 Å². The van der Waals surface area contributed by atoms with Crippen LogP contribution in [0.25, 0.3) is 0 Å². The highest BCUT2D eigenvalue weighted by Gasteiger charge is 2.19. The number of hydrogen-bond donors (Lipinski definition) is 0. The van der Waals surface area contributed by atoms with Crippen LogP contribution in [0.2, 0.25) is 0 Å². The molecule has 0 spiro atoms. The second-order valence-corrected chi connectivity index (χ2v) is 15.1. The van der Waals surface area contributed by atoms with E-state index in [0.29, 0.717) is 19.3 Å². The van der Waals surface area contributed by atoms with Crippen molar-refractivity contribution in [2.75, 3.05) is 13.2 Å². The molecule has 0 aliphatic rings. The van der Waals surface area contributed by atoms with Crippen molar-refractivity contribution in [2.45, 2.75) is 187 Å². The molecule has 0 aromatic carbocycles. The molecule has 0 aliphatic heterocycles. The fourth-order valence-corrected chi connectivity index (χ4v) is 5.86. The molecule has 336 valence electrons. The normalized spacial score (nSPS) is 13.2. The molecule has 6 nitrogen and oxygen atoms in total. The molecule has 0 radical (unpaired) electrons. The first-order valence-electron chi connectivity index (χ1n) is 23.6. The zero-order valence-electron chi connectivity index (χ0n) is 38.2. The van der Waals surface area contributed by atoms with E-state index in [1.54, 1.807) is 0 Å². The Morgan fingerprint density at radius 1 is 0.367 bits per heavy atom. The van der Waals surface area contributed by atoms with Crippen molar-refractivity contribution < 1.29 is 28.6 Å². The number of ether oxygens (including phenoxy) is 3. The number of unbranched alkanes of at least 4 members (excludes halogenated alkanes) is 15. The van der Waals surface area contributed by atoms with E-state index in [2.05, 4.69) is 106 Å². The lowest BCUT2D eigenvalue weighted by Crippen LogP contribution is -2.30. The van der Waals surface area contributed by atoms with E-state index in [-0.39, 0.29) is 31.1 Å². The number of esters is 3. The Balaban J connectivity index is 4.47. The molecule has 0 heterocycles. The summed E-state index contributed by atoms with van der Waals surface area (Å²) in [5.74, 6) is -0.996. The van der Waals surface area contributed by atoms with Crippen LogP contribution in [0.3, 0.4) is 0 Å². The Labute approximate surface area is 367 Å². The fraction of sp³-hybridized carbons (Fsp3) is 0.574. The van der Waals surface area contributed by atoms with Gasteiger partial charge in [0.1, 0.15) is 13.2 Å². The van der Waals surface area contributed by atoms with Gasteiger partial charge in [0.25, 0.3) is 0 Å². The Kier molecular flexibility index (Phi) is 44.2. The van der Waals surface area contributed by atoms with Crippen molar-refractivity contribution in [1.82, 2.24) is 0 Å². The fourth-order valence-electron chi connectivity index (χ4n) is 5.86. The van der Waals surface area contributed by atoms with E-state index < -0.39 is 6.10 Å². The molecule has 6 heteroatoms. The lowest BCUT2D eigenvalue weighted by molar-refractivity contribution is -0.167. The van der Waals surface area contributed by atoms with Crippen LogP contribution in [0.15, 0.2) is 122 Å². The minimum atomic E-state index is -0.810. The minimum absolute atomic E-state index is 0.111. The summed E-state index contributed by atoms with van der Waals surface area (Å²) < 4.78 is 16.7. The largest absolute Gasteiger partial charge is 0.462 e. The van der Waals surface area contributed by atoms with Gasteiger partial charge in [-0.2, -0.15) is 0 Å². The summed E-state index contributed by atoms with van der Waals surface area (Å²) in [5.41, 5.74) is 0. The van der Waals surface area contributed by atoms with Gasteiger partial charge in [0.05, 0.1) is 0 Å². The quantitative estimate of drug-likeness (QED) is 0.0201. The van der Waals surface area contributed by atoms with Crippen LogP contribution in [0.5, 0.6) is 0 Å². The molecule has 0 aliphatic carbocycles. The Hall–Kier alpha value is -4.19. The second-order valence-electron chi connectivity index (χ2n) is 15.1. The molecule has 0 fully saturated rings. The lowest BCUT2D eigenvalue weighted by atomic mass is 10.1. The van der Waals surface area contributed by atoms with Gasteiger partial charge in [-0.15, -0.1) is 0 Å². The summed E-state index contributed by atoms with van der Waals surface area (Å²) in [6, 6.07) is 0. The first-order chi connectivity index (χ1) is 29.5. The molecule has 0 aromatic heterocycles. The average molecular weight is 829 g/mol. The van der Waals surface area contributed by atoms with E-state index in [1.807, 2.05) is 36.5 Å². The number of rotatable bonds is 40. The summed E-state index contributed by atoms with van der Waals surface area (Å²) >= 11 is 0. The molecule has 0 N–H and O–H groups in total. The highest BCUT2D eigenvalue weighted by Crippen LogP contribution is 2.13. The SMILES string of the molecule is CC\C=C/C=C\C=C/CCCCCCCCCC(=O)OC(COC(=O)CCCC/C=C\C/C=C\CC)COC(=O)CCCCCCC\C=C/C=C\C=C/C=C\C=C/CCC. The predicted octanol–water partition coefficient (Wildman–Crippen LogP) is 15.4. The van der Waals surface area contributed by atoms with Gasteiger partial charge < -0.3 is 14.2 Å². The molecule has 0 aromatic rings. The highest BCUT2D eigenvalue weighted by molar-refractivity contribution is 5.71. The first-order valence-corrected chi connectivity index (χ1v) is 23.6. The number of carbonyl (C=O) groups is 3. The van der Waals surface area contributed by atoms with Crippen molar-refractivity contribution >= 4 is 17.9 Å². The van der Waals surface area contributed by atoms with Gasteiger partial charge >= 0.3 is 17.9 Å². The molecule has 1 unspecified atom stereocenters. The Morgan fingerprint density at radius 2 is 0.733 bits per heavy atom. The van der Waals surface area contributed by atoms with Gasteiger partial charge in [0.15, 0.2) is 6.10 Å². The maximum Gasteiger partial charge on any atom is 0.306 e. The number of hydrogen-bond acceptors (Lipinski definition) is 6. The van der Waals surface area contributed by atoms with E-state index in [9.17, 15) is 14.4 Å². The summed E-state index contributed by atoms with van der Waals surface area (Å²) in [7, 11) is 0. The molecule has 0 saturated heterocycles. The van der Waals surface area contributed by atoms with E-state index >= 15 is 0 Å². The third-order valence-corrected chi connectivity index (χ3v) is 9.35. The summed E-state index contributed by atoms with van der Waals surface area (Å²) in [4.78, 5) is 37.8. The van der Waals surface area contributed by atoms with Crippen LogP contribution in [0.4, 0.5) is 0 Å². The first kappa shape index (κ1) is 55.8. The molecule has 0 amide bonds. The van der Waals surface area contributed by atoms with Gasteiger partial charge in [-0.25, -0.2) is 0 Å².